The SMILES string of the molecule is NCC(=O)N1CCCC1c1ccn(S(N)(=O)=O)c1C(=O)O. The molecule has 1 amide bonds. The summed E-state index contributed by atoms with van der Waals surface area (Å²) in [5, 5.41) is 14.3. The second-order valence-electron chi connectivity index (χ2n) is 4.71. The molecule has 0 spiro atoms. The average Bonchev–Trinajstić information content (AvgIpc) is 3.02. The van der Waals surface area contributed by atoms with Crippen molar-refractivity contribution in [1.29, 1.82) is 0 Å². The normalized spacial score (nSPS) is 19.0. The van der Waals surface area contributed by atoms with Crippen LogP contribution in [-0.2, 0) is 15.0 Å². The molecule has 1 aliphatic heterocycles. The van der Waals surface area contributed by atoms with E-state index in [0.29, 0.717) is 23.4 Å². The molecule has 1 aromatic rings. The van der Waals surface area contributed by atoms with Crippen LogP contribution in [0.1, 0.15) is 34.9 Å². The average molecular weight is 316 g/mol. The van der Waals surface area contributed by atoms with Gasteiger partial charge in [0.25, 0.3) is 0 Å². The van der Waals surface area contributed by atoms with Gasteiger partial charge in [-0.1, -0.05) is 0 Å². The maximum Gasteiger partial charge on any atom is 0.353 e. The fourth-order valence-corrected chi connectivity index (χ4v) is 3.30. The van der Waals surface area contributed by atoms with E-state index in [9.17, 15) is 23.1 Å². The Balaban J connectivity index is 2.52. The van der Waals surface area contributed by atoms with Crippen LogP contribution < -0.4 is 10.9 Å². The van der Waals surface area contributed by atoms with Crippen LogP contribution in [-0.4, -0.2) is 47.4 Å². The van der Waals surface area contributed by atoms with E-state index in [-0.39, 0.29) is 18.0 Å². The van der Waals surface area contributed by atoms with E-state index in [2.05, 4.69) is 0 Å². The summed E-state index contributed by atoms with van der Waals surface area (Å²) in [7, 11) is -4.22. The van der Waals surface area contributed by atoms with Gasteiger partial charge in [-0.3, -0.25) is 4.79 Å². The molecule has 0 aliphatic carbocycles. The minimum Gasteiger partial charge on any atom is -0.477 e. The van der Waals surface area contributed by atoms with Crippen molar-refractivity contribution in [2.45, 2.75) is 18.9 Å². The summed E-state index contributed by atoms with van der Waals surface area (Å²) in [4.78, 5) is 24.6. The number of amides is 1. The van der Waals surface area contributed by atoms with E-state index >= 15 is 0 Å². The summed E-state index contributed by atoms with van der Waals surface area (Å²) in [6.45, 7) is 0.273. The van der Waals surface area contributed by atoms with Crippen LogP contribution >= 0.6 is 0 Å². The van der Waals surface area contributed by atoms with Gasteiger partial charge in [0.15, 0.2) is 0 Å². The predicted molar refractivity (Wildman–Crippen MR) is 72.6 cm³/mol. The molecule has 2 heterocycles. The van der Waals surface area contributed by atoms with Gasteiger partial charge < -0.3 is 15.7 Å². The first-order valence-corrected chi connectivity index (χ1v) is 7.75. The summed E-state index contributed by atoms with van der Waals surface area (Å²) in [6, 6.07) is 0.857. The molecule has 1 unspecified atom stereocenters. The first-order chi connectivity index (χ1) is 9.77. The van der Waals surface area contributed by atoms with E-state index in [1.807, 2.05) is 0 Å². The Morgan fingerprint density at radius 1 is 1.43 bits per heavy atom. The molecule has 2 rings (SSSR count). The molecule has 1 fully saturated rings. The maximum atomic E-state index is 11.8. The molecule has 10 heteroatoms. The highest BCUT2D eigenvalue weighted by Gasteiger charge is 2.34. The quantitative estimate of drug-likeness (QED) is 0.639. The molecule has 116 valence electrons. The number of carboxylic acid groups (broad SMARTS) is 1. The van der Waals surface area contributed by atoms with Crippen molar-refractivity contribution < 1.29 is 23.1 Å². The topological polar surface area (TPSA) is 149 Å². The lowest BCUT2D eigenvalue weighted by Gasteiger charge is -2.24. The maximum absolute atomic E-state index is 11.8. The van der Waals surface area contributed by atoms with Gasteiger partial charge in [-0.05, 0) is 18.9 Å². The number of rotatable bonds is 4. The number of carboxylic acids is 1. The Hall–Kier alpha value is -1.91. The standard InChI is InChI=1S/C11H16N4O5S/c12-6-9(16)14-4-1-2-8(14)7-3-5-15(21(13,19)20)10(7)11(17)18/h3,5,8H,1-2,4,6,12H2,(H,17,18)(H2,13,19,20). The summed E-state index contributed by atoms with van der Waals surface area (Å²) >= 11 is 0. The Morgan fingerprint density at radius 3 is 2.62 bits per heavy atom. The van der Waals surface area contributed by atoms with Gasteiger partial charge in [0.2, 0.25) is 5.91 Å². The van der Waals surface area contributed by atoms with Crippen molar-refractivity contribution in [3.63, 3.8) is 0 Å². The minimum absolute atomic E-state index is 0.186. The zero-order valence-corrected chi connectivity index (χ0v) is 11.9. The fourth-order valence-electron chi connectivity index (χ4n) is 2.63. The summed E-state index contributed by atoms with van der Waals surface area (Å²) in [5.74, 6) is -1.73. The van der Waals surface area contributed by atoms with Gasteiger partial charge >= 0.3 is 16.2 Å². The van der Waals surface area contributed by atoms with Crippen molar-refractivity contribution in [2.24, 2.45) is 10.9 Å². The molecule has 0 radical (unpaired) electrons. The lowest BCUT2D eigenvalue weighted by atomic mass is 10.0. The third-order valence-corrected chi connectivity index (χ3v) is 4.32. The van der Waals surface area contributed by atoms with Crippen LogP contribution in [0.4, 0.5) is 0 Å². The number of nitrogens with two attached hydrogens (primary N) is 2. The molecule has 9 nitrogen and oxygen atoms in total. The first-order valence-electron chi connectivity index (χ1n) is 6.24. The zero-order chi connectivity index (χ0) is 15.8. The van der Waals surface area contributed by atoms with E-state index in [1.165, 1.54) is 11.0 Å². The van der Waals surface area contributed by atoms with Crippen molar-refractivity contribution in [3.05, 3.63) is 23.5 Å². The summed E-state index contributed by atoms with van der Waals surface area (Å²) < 4.78 is 23.4. The van der Waals surface area contributed by atoms with Crippen molar-refractivity contribution >= 4 is 22.1 Å². The van der Waals surface area contributed by atoms with Crippen LogP contribution in [0.2, 0.25) is 0 Å². The van der Waals surface area contributed by atoms with Crippen LogP contribution in [0.5, 0.6) is 0 Å². The van der Waals surface area contributed by atoms with Gasteiger partial charge in [0.05, 0.1) is 12.6 Å². The van der Waals surface area contributed by atoms with Crippen molar-refractivity contribution in [1.82, 2.24) is 8.87 Å². The van der Waals surface area contributed by atoms with Crippen LogP contribution in [0, 0.1) is 0 Å². The summed E-state index contributed by atoms with van der Waals surface area (Å²) in [5.41, 5.74) is 5.14. The van der Waals surface area contributed by atoms with E-state index in [4.69, 9.17) is 10.9 Å². The number of carbonyl (C=O) groups excluding carboxylic acids is 1. The van der Waals surface area contributed by atoms with Gasteiger partial charge in [-0.15, -0.1) is 0 Å². The van der Waals surface area contributed by atoms with Gasteiger partial charge in [-0.2, -0.15) is 8.42 Å². The zero-order valence-electron chi connectivity index (χ0n) is 11.1. The van der Waals surface area contributed by atoms with E-state index < -0.39 is 27.9 Å². The summed E-state index contributed by atoms with van der Waals surface area (Å²) in [6.07, 6.45) is 2.31. The highest BCUT2D eigenvalue weighted by atomic mass is 32.2. The number of hydrogen-bond donors (Lipinski definition) is 3. The molecule has 0 saturated carbocycles. The van der Waals surface area contributed by atoms with Crippen LogP contribution in [0.3, 0.4) is 0 Å². The molecular weight excluding hydrogens is 300 g/mol. The Bertz CT molecular complexity index is 681. The third kappa shape index (κ3) is 2.77. The van der Waals surface area contributed by atoms with Crippen molar-refractivity contribution in [3.8, 4) is 0 Å². The van der Waals surface area contributed by atoms with Crippen LogP contribution in [0.15, 0.2) is 12.3 Å². The molecule has 0 bridgehead atoms. The second kappa shape index (κ2) is 5.47. The van der Waals surface area contributed by atoms with Crippen LogP contribution in [0.25, 0.3) is 0 Å². The Kier molecular flexibility index (Phi) is 4.03. The monoisotopic (exact) mass is 316 g/mol. The van der Waals surface area contributed by atoms with E-state index in [1.54, 1.807) is 0 Å². The number of aromatic carboxylic acids is 1. The lowest BCUT2D eigenvalue weighted by molar-refractivity contribution is -0.130. The Labute approximate surface area is 121 Å². The Morgan fingerprint density at radius 2 is 2.10 bits per heavy atom. The molecule has 1 atom stereocenters. The molecule has 1 aliphatic rings. The predicted octanol–water partition coefficient (Wildman–Crippen LogP) is -1.14. The number of carbonyl (C=O) groups is 2. The van der Waals surface area contributed by atoms with Crippen molar-refractivity contribution in [2.75, 3.05) is 13.1 Å². The largest absolute Gasteiger partial charge is 0.477 e. The molecule has 0 aromatic carbocycles. The highest BCUT2D eigenvalue weighted by molar-refractivity contribution is 7.87. The lowest BCUT2D eigenvalue weighted by Crippen LogP contribution is -2.36. The minimum atomic E-state index is -4.22. The molecular formula is C11H16N4O5S. The number of likely N-dealkylation sites (tertiary alicyclic amines) is 1. The molecule has 1 saturated heterocycles. The number of nitrogens with zero attached hydrogens (tertiary/aromatic N) is 2. The molecule has 5 N–H and O–H groups in total. The number of hydrogen-bond acceptors (Lipinski definition) is 5. The van der Waals surface area contributed by atoms with E-state index in [0.717, 1.165) is 6.20 Å². The molecule has 1 aromatic heterocycles. The smallest absolute Gasteiger partial charge is 0.353 e. The second-order valence-corrected chi connectivity index (χ2v) is 6.14. The first kappa shape index (κ1) is 15.5. The van der Waals surface area contributed by atoms with Gasteiger partial charge in [0, 0.05) is 18.3 Å². The molecule has 21 heavy (non-hydrogen) atoms. The van der Waals surface area contributed by atoms with Gasteiger partial charge in [0.1, 0.15) is 5.69 Å². The fraction of sp³-hybridized carbons (Fsp3) is 0.455. The van der Waals surface area contributed by atoms with Gasteiger partial charge in [-0.25, -0.2) is 13.9 Å². The number of aromatic nitrogens is 1. The third-order valence-electron chi connectivity index (χ3n) is 3.47. The highest BCUT2D eigenvalue weighted by Crippen LogP contribution is 2.34.